The van der Waals surface area contributed by atoms with Gasteiger partial charge in [0.2, 0.25) is 0 Å². The van der Waals surface area contributed by atoms with Crippen molar-refractivity contribution in [2.75, 3.05) is 0 Å². The highest BCUT2D eigenvalue weighted by Gasteiger charge is 2.55. The fraction of sp³-hybridized carbons (Fsp3) is 0.258. The monoisotopic (exact) mass is 566 g/mol. The van der Waals surface area contributed by atoms with Gasteiger partial charge in [0.25, 0.3) is 5.56 Å². The number of halogens is 2. The van der Waals surface area contributed by atoms with Crippen molar-refractivity contribution in [3.8, 4) is 16.9 Å². The Hall–Kier alpha value is -3.81. The summed E-state index contributed by atoms with van der Waals surface area (Å²) in [4.78, 5) is 23.5. The van der Waals surface area contributed by atoms with Gasteiger partial charge >= 0.3 is 0 Å². The predicted molar refractivity (Wildman–Crippen MR) is 156 cm³/mol. The van der Waals surface area contributed by atoms with Crippen LogP contribution in [0.2, 0.25) is 10.2 Å². The van der Waals surface area contributed by atoms with Crippen molar-refractivity contribution in [3.05, 3.63) is 116 Å². The van der Waals surface area contributed by atoms with Gasteiger partial charge in [-0.2, -0.15) is 0 Å². The molecular formula is C31H24Cl2N6O. The minimum Gasteiger partial charge on any atom is -0.289 e. The summed E-state index contributed by atoms with van der Waals surface area (Å²) in [6, 6.07) is 13.7. The van der Waals surface area contributed by atoms with E-state index in [-0.39, 0.29) is 22.7 Å². The second kappa shape index (κ2) is 8.85. The molecule has 1 fully saturated rings. The third kappa shape index (κ3) is 3.83. The van der Waals surface area contributed by atoms with E-state index >= 15 is 0 Å². The molecule has 0 amide bonds. The molecule has 4 heterocycles. The van der Waals surface area contributed by atoms with Crippen molar-refractivity contribution >= 4 is 28.9 Å². The first kappa shape index (κ1) is 24.0. The molecule has 2 aliphatic heterocycles. The average Bonchev–Trinajstić information content (AvgIpc) is 3.23. The zero-order chi connectivity index (χ0) is 27.1. The molecule has 8 rings (SSSR count). The summed E-state index contributed by atoms with van der Waals surface area (Å²) >= 11 is 12.4. The van der Waals surface area contributed by atoms with Crippen LogP contribution < -0.4 is 5.56 Å². The predicted octanol–water partition coefficient (Wildman–Crippen LogP) is 6.28. The van der Waals surface area contributed by atoms with Crippen molar-refractivity contribution < 1.29 is 0 Å². The Bertz CT molecular complexity index is 1880. The van der Waals surface area contributed by atoms with Crippen LogP contribution >= 0.6 is 23.2 Å². The van der Waals surface area contributed by atoms with E-state index < -0.39 is 0 Å². The molecule has 198 valence electrons. The third-order valence-corrected chi connectivity index (χ3v) is 9.06. The van der Waals surface area contributed by atoms with E-state index in [2.05, 4.69) is 35.1 Å². The molecule has 9 heteroatoms. The van der Waals surface area contributed by atoms with Gasteiger partial charge in [-0.1, -0.05) is 52.7 Å². The molecule has 2 aromatic heterocycles. The molecule has 7 nitrogen and oxygen atoms in total. The highest BCUT2D eigenvalue weighted by atomic mass is 35.5. The Balaban J connectivity index is 1.11. The van der Waals surface area contributed by atoms with Gasteiger partial charge in [0, 0.05) is 35.2 Å². The molecule has 3 atom stereocenters. The van der Waals surface area contributed by atoms with Crippen molar-refractivity contribution in [1.29, 1.82) is 0 Å². The molecule has 4 aliphatic rings. The van der Waals surface area contributed by atoms with Crippen LogP contribution in [-0.4, -0.2) is 30.3 Å². The van der Waals surface area contributed by atoms with Crippen LogP contribution in [0.3, 0.4) is 0 Å². The molecule has 2 aromatic carbocycles. The summed E-state index contributed by atoms with van der Waals surface area (Å²) in [5.74, 6) is 1.48. The first-order chi connectivity index (χ1) is 19.4. The van der Waals surface area contributed by atoms with Gasteiger partial charge in [0.05, 0.1) is 29.3 Å². The Kier molecular flexibility index (Phi) is 5.31. The van der Waals surface area contributed by atoms with E-state index in [0.29, 0.717) is 27.9 Å². The summed E-state index contributed by atoms with van der Waals surface area (Å²) in [5.41, 5.74) is 9.42. The van der Waals surface area contributed by atoms with Gasteiger partial charge in [-0.25, -0.2) is 9.67 Å². The van der Waals surface area contributed by atoms with E-state index in [1.165, 1.54) is 27.8 Å². The van der Waals surface area contributed by atoms with Crippen LogP contribution in [0.4, 0.5) is 0 Å². The molecule has 1 saturated carbocycles. The Morgan fingerprint density at radius 2 is 1.90 bits per heavy atom. The number of hydrogen-bond donors (Lipinski definition) is 0. The SMILES string of the molecule is C=C1CCc2cc(C3=NC=C(C4C5CC5c5nc(-c6cc(Cl)ccc6-n6cc(Cl)nn6)cc(=O)n54)C3)ccc2C1. The van der Waals surface area contributed by atoms with Crippen LogP contribution in [0.1, 0.15) is 53.7 Å². The van der Waals surface area contributed by atoms with E-state index in [0.717, 1.165) is 43.6 Å². The maximum atomic E-state index is 13.7. The van der Waals surface area contributed by atoms with Crippen LogP contribution in [0.15, 0.2) is 82.4 Å². The number of hydrogen-bond acceptors (Lipinski definition) is 5. The summed E-state index contributed by atoms with van der Waals surface area (Å²) in [6.07, 6.45) is 8.43. The van der Waals surface area contributed by atoms with Gasteiger partial charge in [-0.15, -0.1) is 5.10 Å². The molecule has 0 saturated heterocycles. The largest absolute Gasteiger partial charge is 0.289 e. The summed E-state index contributed by atoms with van der Waals surface area (Å²) in [6.45, 7) is 4.17. The number of benzene rings is 2. The fourth-order valence-electron chi connectivity index (χ4n) is 6.64. The van der Waals surface area contributed by atoms with E-state index in [1.54, 1.807) is 29.1 Å². The number of aromatic nitrogens is 5. The van der Waals surface area contributed by atoms with Gasteiger partial charge in [-0.05, 0) is 78.1 Å². The average molecular weight is 567 g/mol. The topological polar surface area (TPSA) is 78.0 Å². The maximum Gasteiger partial charge on any atom is 0.254 e. The van der Waals surface area contributed by atoms with Crippen molar-refractivity contribution in [2.24, 2.45) is 10.9 Å². The Morgan fingerprint density at radius 3 is 2.75 bits per heavy atom. The van der Waals surface area contributed by atoms with Gasteiger partial charge in [0.1, 0.15) is 5.82 Å². The first-order valence-corrected chi connectivity index (χ1v) is 14.2. The van der Waals surface area contributed by atoms with Crippen molar-refractivity contribution in [1.82, 2.24) is 24.5 Å². The zero-order valence-electron chi connectivity index (χ0n) is 21.5. The third-order valence-electron chi connectivity index (χ3n) is 8.65. The number of nitrogens with zero attached hydrogens (tertiary/aromatic N) is 6. The van der Waals surface area contributed by atoms with Crippen LogP contribution in [0.5, 0.6) is 0 Å². The smallest absolute Gasteiger partial charge is 0.254 e. The summed E-state index contributed by atoms with van der Waals surface area (Å²) in [5, 5.41) is 8.81. The van der Waals surface area contributed by atoms with E-state index in [9.17, 15) is 4.79 Å². The van der Waals surface area contributed by atoms with Crippen molar-refractivity contribution in [3.63, 3.8) is 0 Å². The van der Waals surface area contributed by atoms with E-state index in [4.69, 9.17) is 33.2 Å². The quantitative estimate of drug-likeness (QED) is 0.272. The highest BCUT2D eigenvalue weighted by Crippen LogP contribution is 2.61. The Morgan fingerprint density at radius 1 is 1.00 bits per heavy atom. The number of allylic oxidation sites excluding steroid dienone is 2. The van der Waals surface area contributed by atoms with Gasteiger partial charge < -0.3 is 0 Å². The number of rotatable bonds is 4. The zero-order valence-corrected chi connectivity index (χ0v) is 23.0. The lowest BCUT2D eigenvalue weighted by Gasteiger charge is -2.20. The minimum absolute atomic E-state index is 0.01000. The summed E-state index contributed by atoms with van der Waals surface area (Å²) in [7, 11) is 0. The molecule has 40 heavy (non-hydrogen) atoms. The van der Waals surface area contributed by atoms with Gasteiger partial charge in [-0.3, -0.25) is 14.4 Å². The van der Waals surface area contributed by atoms with E-state index in [1.807, 2.05) is 16.8 Å². The van der Waals surface area contributed by atoms with Gasteiger partial charge in [0.15, 0.2) is 5.15 Å². The molecule has 3 unspecified atom stereocenters. The van der Waals surface area contributed by atoms with Crippen LogP contribution in [-0.2, 0) is 12.8 Å². The molecule has 0 N–H and O–H groups in total. The highest BCUT2D eigenvalue weighted by molar-refractivity contribution is 6.31. The normalized spacial score (nSPS) is 22.4. The fourth-order valence-corrected chi connectivity index (χ4v) is 6.94. The van der Waals surface area contributed by atoms with Crippen LogP contribution in [0.25, 0.3) is 16.9 Å². The molecule has 0 bridgehead atoms. The number of fused-ring (bicyclic) bond motifs is 4. The number of aryl methyl sites for hydroxylation is 1. The molecule has 0 radical (unpaired) electrons. The lowest BCUT2D eigenvalue weighted by Crippen LogP contribution is -2.27. The molecule has 2 aliphatic carbocycles. The first-order valence-electron chi connectivity index (χ1n) is 13.5. The molecule has 0 spiro atoms. The lowest BCUT2D eigenvalue weighted by atomic mass is 9.86. The minimum atomic E-state index is -0.0666. The second-order valence-corrected chi connectivity index (χ2v) is 12.0. The second-order valence-electron chi connectivity index (χ2n) is 11.2. The number of aliphatic imine (C=N–C) groups is 1. The summed E-state index contributed by atoms with van der Waals surface area (Å²) < 4.78 is 3.46. The Labute approximate surface area is 240 Å². The molecule has 4 aromatic rings. The maximum absolute atomic E-state index is 13.7. The standard InChI is InChI=1S/C31H24Cl2N6O/c1-16-2-3-18-9-19(5-4-17(18)8-16)25-10-20(14-34-25)30-22-12-23(22)31-35-26(13-29(40)39(30)31)24-11-21(32)6-7-27(24)38-15-28(33)36-37-38/h4-7,9,11,13-15,22-23,30H,1-3,8,10,12H2. The van der Waals surface area contributed by atoms with Crippen LogP contribution in [0, 0.1) is 5.92 Å². The molecular weight excluding hydrogens is 543 g/mol. The lowest BCUT2D eigenvalue weighted by molar-refractivity contribution is 0.519. The van der Waals surface area contributed by atoms with Crippen molar-refractivity contribution in [2.45, 2.75) is 44.1 Å².